The number of nitrogens with zero attached hydrogens (tertiary/aromatic N) is 1. The summed E-state index contributed by atoms with van der Waals surface area (Å²) in [5.41, 5.74) is 4.26. The standard InChI is InChI=1S/C17H25N/c1-12-15(16(2,3)4)13-10-8-9-11-14(13)18(12)17(5,6)7/h8-11,15H,1H2,2-7H3. The van der Waals surface area contributed by atoms with Gasteiger partial charge in [-0.1, -0.05) is 45.5 Å². The first-order valence-corrected chi connectivity index (χ1v) is 6.72. The maximum absolute atomic E-state index is 4.39. The summed E-state index contributed by atoms with van der Waals surface area (Å²) in [6.07, 6.45) is 0. The molecule has 1 unspecified atom stereocenters. The number of hydrogen-bond donors (Lipinski definition) is 0. The van der Waals surface area contributed by atoms with Crippen LogP contribution >= 0.6 is 0 Å². The second-order valence-corrected chi connectivity index (χ2v) is 7.36. The number of anilines is 1. The summed E-state index contributed by atoms with van der Waals surface area (Å²) in [7, 11) is 0. The summed E-state index contributed by atoms with van der Waals surface area (Å²) >= 11 is 0. The highest BCUT2D eigenvalue weighted by molar-refractivity contribution is 5.69. The number of allylic oxidation sites excluding steroid dienone is 1. The zero-order chi connectivity index (χ0) is 13.7. The number of rotatable bonds is 0. The molecule has 0 saturated carbocycles. The molecule has 0 saturated heterocycles. The largest absolute Gasteiger partial charge is 0.340 e. The molecule has 0 N–H and O–H groups in total. The van der Waals surface area contributed by atoms with Crippen molar-refractivity contribution >= 4 is 5.69 Å². The van der Waals surface area contributed by atoms with Crippen LogP contribution in [0.2, 0.25) is 0 Å². The second kappa shape index (κ2) is 3.88. The molecule has 2 rings (SSSR count). The van der Waals surface area contributed by atoms with Gasteiger partial charge in [-0.2, -0.15) is 0 Å². The van der Waals surface area contributed by atoms with Gasteiger partial charge in [0.1, 0.15) is 0 Å². The van der Waals surface area contributed by atoms with Crippen LogP contribution in [0.25, 0.3) is 0 Å². The third-order valence-electron chi connectivity index (χ3n) is 3.65. The van der Waals surface area contributed by atoms with Crippen molar-refractivity contribution in [1.82, 2.24) is 0 Å². The van der Waals surface area contributed by atoms with Crippen molar-refractivity contribution in [2.75, 3.05) is 4.90 Å². The Labute approximate surface area is 112 Å². The Balaban J connectivity index is 2.61. The SMILES string of the molecule is C=C1C(C(C)(C)C)c2ccccc2N1C(C)(C)C. The van der Waals surface area contributed by atoms with E-state index in [1.54, 1.807) is 0 Å². The fourth-order valence-corrected chi connectivity index (χ4v) is 3.16. The van der Waals surface area contributed by atoms with Crippen molar-refractivity contribution in [2.45, 2.75) is 53.0 Å². The van der Waals surface area contributed by atoms with E-state index in [1.165, 1.54) is 16.9 Å². The van der Waals surface area contributed by atoms with Gasteiger partial charge >= 0.3 is 0 Å². The fraction of sp³-hybridized carbons (Fsp3) is 0.529. The van der Waals surface area contributed by atoms with Crippen LogP contribution in [0, 0.1) is 5.41 Å². The molecular weight excluding hydrogens is 218 g/mol. The molecule has 0 aromatic heterocycles. The zero-order valence-corrected chi connectivity index (χ0v) is 12.5. The van der Waals surface area contributed by atoms with Crippen LogP contribution < -0.4 is 4.90 Å². The van der Waals surface area contributed by atoms with Gasteiger partial charge in [0.2, 0.25) is 0 Å². The molecule has 0 aliphatic carbocycles. The van der Waals surface area contributed by atoms with Gasteiger partial charge in [-0.05, 0) is 37.8 Å². The molecule has 0 spiro atoms. The van der Waals surface area contributed by atoms with Crippen molar-refractivity contribution in [1.29, 1.82) is 0 Å². The minimum absolute atomic E-state index is 0.0766. The highest BCUT2D eigenvalue weighted by atomic mass is 15.2. The predicted molar refractivity (Wildman–Crippen MR) is 80.0 cm³/mol. The topological polar surface area (TPSA) is 3.24 Å². The van der Waals surface area contributed by atoms with Gasteiger partial charge < -0.3 is 4.90 Å². The van der Waals surface area contributed by atoms with E-state index in [1.807, 2.05) is 0 Å². The molecule has 18 heavy (non-hydrogen) atoms. The molecule has 1 aliphatic heterocycles. The molecule has 1 aliphatic rings. The van der Waals surface area contributed by atoms with Gasteiger partial charge in [0.05, 0.1) is 0 Å². The van der Waals surface area contributed by atoms with Crippen molar-refractivity contribution in [3.05, 3.63) is 42.1 Å². The average Bonchev–Trinajstić information content (AvgIpc) is 2.47. The van der Waals surface area contributed by atoms with E-state index in [2.05, 4.69) is 77.3 Å². The molecule has 1 aromatic rings. The summed E-state index contributed by atoms with van der Waals surface area (Å²) < 4.78 is 0. The Hall–Kier alpha value is -1.24. The molecule has 0 radical (unpaired) electrons. The third kappa shape index (κ3) is 1.96. The van der Waals surface area contributed by atoms with Crippen molar-refractivity contribution in [2.24, 2.45) is 5.41 Å². The summed E-state index contributed by atoms with van der Waals surface area (Å²) in [5.74, 6) is 0.410. The molecule has 1 atom stereocenters. The van der Waals surface area contributed by atoms with Crippen LogP contribution in [0.15, 0.2) is 36.5 Å². The van der Waals surface area contributed by atoms with E-state index in [9.17, 15) is 0 Å². The number of benzene rings is 1. The lowest BCUT2D eigenvalue weighted by molar-refractivity contribution is 0.353. The van der Waals surface area contributed by atoms with Crippen LogP contribution in [-0.2, 0) is 0 Å². The second-order valence-electron chi connectivity index (χ2n) is 7.36. The Morgan fingerprint density at radius 3 is 2.06 bits per heavy atom. The lowest BCUT2D eigenvalue weighted by Crippen LogP contribution is -2.39. The van der Waals surface area contributed by atoms with E-state index in [4.69, 9.17) is 0 Å². The Kier molecular flexibility index (Phi) is 2.84. The van der Waals surface area contributed by atoms with Gasteiger partial charge in [-0.3, -0.25) is 0 Å². The average molecular weight is 243 g/mol. The Bertz CT molecular complexity index is 428. The molecule has 1 nitrogen and oxygen atoms in total. The lowest BCUT2D eigenvalue weighted by atomic mass is 9.76. The van der Waals surface area contributed by atoms with E-state index in [0.717, 1.165) is 0 Å². The summed E-state index contributed by atoms with van der Waals surface area (Å²) in [4.78, 5) is 2.40. The number of hydrogen-bond acceptors (Lipinski definition) is 1. The van der Waals surface area contributed by atoms with E-state index in [0.29, 0.717) is 5.92 Å². The Morgan fingerprint density at radius 2 is 1.56 bits per heavy atom. The summed E-state index contributed by atoms with van der Waals surface area (Å²) in [5, 5.41) is 0. The summed E-state index contributed by atoms with van der Waals surface area (Å²) in [6, 6.07) is 8.73. The first kappa shape index (κ1) is 13.2. The monoisotopic (exact) mass is 243 g/mol. The number of para-hydroxylation sites is 1. The van der Waals surface area contributed by atoms with Gasteiger partial charge in [-0.15, -0.1) is 0 Å². The van der Waals surface area contributed by atoms with Crippen molar-refractivity contribution < 1.29 is 0 Å². The molecule has 0 amide bonds. The minimum Gasteiger partial charge on any atom is -0.340 e. The molecule has 98 valence electrons. The highest BCUT2D eigenvalue weighted by Crippen LogP contribution is 2.53. The first-order chi connectivity index (χ1) is 8.14. The smallest absolute Gasteiger partial charge is 0.0452 e. The first-order valence-electron chi connectivity index (χ1n) is 6.72. The minimum atomic E-state index is 0.0766. The summed E-state index contributed by atoms with van der Waals surface area (Å²) in [6.45, 7) is 18.0. The van der Waals surface area contributed by atoms with E-state index in [-0.39, 0.29) is 11.0 Å². The maximum Gasteiger partial charge on any atom is 0.0452 e. The number of fused-ring (bicyclic) bond motifs is 1. The van der Waals surface area contributed by atoms with E-state index >= 15 is 0 Å². The predicted octanol–water partition coefficient (Wildman–Crippen LogP) is 4.95. The van der Waals surface area contributed by atoms with Gasteiger partial charge in [0, 0.05) is 22.8 Å². The van der Waals surface area contributed by atoms with Crippen LogP contribution in [0.5, 0.6) is 0 Å². The zero-order valence-electron chi connectivity index (χ0n) is 12.5. The van der Waals surface area contributed by atoms with Gasteiger partial charge in [0.15, 0.2) is 0 Å². The lowest BCUT2D eigenvalue weighted by Gasteiger charge is -2.38. The normalized spacial score (nSPS) is 20.2. The molecule has 1 heteroatoms. The van der Waals surface area contributed by atoms with Crippen LogP contribution in [-0.4, -0.2) is 5.54 Å². The van der Waals surface area contributed by atoms with Crippen LogP contribution in [0.1, 0.15) is 53.0 Å². The maximum atomic E-state index is 4.39. The highest BCUT2D eigenvalue weighted by Gasteiger charge is 2.42. The van der Waals surface area contributed by atoms with Crippen molar-refractivity contribution in [3.63, 3.8) is 0 Å². The van der Waals surface area contributed by atoms with Crippen LogP contribution in [0.3, 0.4) is 0 Å². The fourth-order valence-electron chi connectivity index (χ4n) is 3.16. The quantitative estimate of drug-likeness (QED) is 0.623. The Morgan fingerprint density at radius 1 is 1.00 bits per heavy atom. The van der Waals surface area contributed by atoms with Crippen LogP contribution in [0.4, 0.5) is 5.69 Å². The molecule has 0 bridgehead atoms. The van der Waals surface area contributed by atoms with Gasteiger partial charge in [0.25, 0.3) is 0 Å². The third-order valence-corrected chi connectivity index (χ3v) is 3.65. The molecule has 0 fully saturated rings. The molecule has 1 aromatic carbocycles. The van der Waals surface area contributed by atoms with E-state index < -0.39 is 0 Å². The van der Waals surface area contributed by atoms with Crippen molar-refractivity contribution in [3.8, 4) is 0 Å². The molecular formula is C17H25N. The van der Waals surface area contributed by atoms with Gasteiger partial charge in [-0.25, -0.2) is 0 Å². The molecule has 1 heterocycles.